The van der Waals surface area contributed by atoms with Crippen LogP contribution in [0.25, 0.3) is 0 Å². The van der Waals surface area contributed by atoms with Crippen molar-refractivity contribution in [3.63, 3.8) is 0 Å². The molecule has 0 radical (unpaired) electrons. The highest BCUT2D eigenvalue weighted by Crippen LogP contribution is 2.62. The third-order valence-electron chi connectivity index (χ3n) is 8.62. The first-order valence-electron chi connectivity index (χ1n) is 11.7. The first kappa shape index (κ1) is 23.5. The van der Waals surface area contributed by atoms with Crippen LogP contribution in [0.3, 0.4) is 0 Å². The average Bonchev–Trinajstić information content (AvgIpc) is 3.28. The van der Waals surface area contributed by atoms with E-state index in [4.69, 9.17) is 13.9 Å². The summed E-state index contributed by atoms with van der Waals surface area (Å²) in [6.07, 6.45) is 5.63. The summed E-state index contributed by atoms with van der Waals surface area (Å²) in [6.45, 7) is 6.55. The lowest BCUT2D eigenvalue weighted by atomic mass is 9.46. The lowest BCUT2D eigenvalue weighted by Gasteiger charge is -2.57. The van der Waals surface area contributed by atoms with Crippen LogP contribution in [-0.2, 0) is 20.7 Å². The van der Waals surface area contributed by atoms with Crippen molar-refractivity contribution < 1.29 is 34.0 Å². The molecule has 1 aliphatic heterocycles. The highest BCUT2D eigenvalue weighted by Gasteiger charge is 2.57. The van der Waals surface area contributed by atoms with E-state index in [-0.39, 0.29) is 23.4 Å². The van der Waals surface area contributed by atoms with Crippen LogP contribution in [-0.4, -0.2) is 52.5 Å². The Morgan fingerprint density at radius 1 is 1.22 bits per heavy atom. The molecule has 0 spiro atoms. The van der Waals surface area contributed by atoms with Crippen LogP contribution in [0.5, 0.6) is 0 Å². The molecule has 7 nitrogen and oxygen atoms in total. The molecule has 8 atom stereocenters. The third kappa shape index (κ3) is 4.04. The van der Waals surface area contributed by atoms with E-state index in [0.29, 0.717) is 12.3 Å². The Morgan fingerprint density at radius 3 is 2.72 bits per heavy atom. The zero-order valence-electron chi connectivity index (χ0n) is 19.2. The Bertz CT molecular complexity index is 833. The summed E-state index contributed by atoms with van der Waals surface area (Å²) in [5.74, 6) is -0.428. The van der Waals surface area contributed by atoms with Gasteiger partial charge < -0.3 is 29.2 Å². The maximum atomic E-state index is 13.4. The molecule has 32 heavy (non-hydrogen) atoms. The second-order valence-corrected chi connectivity index (χ2v) is 10.4. The van der Waals surface area contributed by atoms with E-state index in [1.165, 1.54) is 5.57 Å². The Morgan fingerprint density at radius 2 is 2.00 bits per heavy atom. The van der Waals surface area contributed by atoms with E-state index in [2.05, 4.69) is 26.8 Å². The maximum Gasteiger partial charge on any atom is 0.311 e. The summed E-state index contributed by atoms with van der Waals surface area (Å²) in [5, 5.41) is 29.9. The summed E-state index contributed by atoms with van der Waals surface area (Å²) in [7, 11) is 0. The fraction of sp³-hybridized carbons (Fsp3) is 0.720. The second-order valence-electron chi connectivity index (χ2n) is 10.4. The molecule has 1 aromatic heterocycles. The quantitative estimate of drug-likeness (QED) is 0.469. The number of ether oxygens (including phenoxy) is 2. The SMILES string of the molecule is CC1=CCCC2C1(C)CCC(C(=O)OC1OCC(O)C(O)C1O)C2(C)CCc1ccoc1. The standard InChI is InChI=1S/C25H36O7/c1-15-5-4-6-19-24(15,2)11-8-17(25(19,3)10-7-16-9-12-30-13-16)22(29)32-23-21(28)20(27)18(26)14-31-23/h5,9,12-13,17-21,23,26-28H,4,6-8,10-11,14H2,1-3H3. The van der Waals surface area contributed by atoms with Crippen molar-refractivity contribution >= 4 is 5.97 Å². The van der Waals surface area contributed by atoms with Gasteiger partial charge in [-0.1, -0.05) is 25.5 Å². The lowest BCUT2D eigenvalue weighted by Crippen LogP contribution is -2.56. The molecule has 1 saturated carbocycles. The number of furan rings is 1. The van der Waals surface area contributed by atoms with Gasteiger partial charge in [0.2, 0.25) is 6.29 Å². The number of hydrogen-bond acceptors (Lipinski definition) is 7. The second kappa shape index (κ2) is 8.93. The highest BCUT2D eigenvalue weighted by atomic mass is 16.7. The first-order valence-corrected chi connectivity index (χ1v) is 11.7. The summed E-state index contributed by atoms with van der Waals surface area (Å²) in [6, 6.07) is 1.96. The molecular weight excluding hydrogens is 412 g/mol. The maximum absolute atomic E-state index is 13.4. The van der Waals surface area contributed by atoms with Crippen LogP contribution in [0.1, 0.15) is 58.4 Å². The zero-order valence-corrected chi connectivity index (χ0v) is 19.2. The Hall–Kier alpha value is -1.67. The number of fused-ring (bicyclic) bond motifs is 1. The summed E-state index contributed by atoms with van der Waals surface area (Å²) >= 11 is 0. The number of rotatable bonds is 5. The topological polar surface area (TPSA) is 109 Å². The molecule has 1 aromatic rings. The molecule has 2 heterocycles. The number of carbonyl (C=O) groups is 1. The number of carbonyl (C=O) groups excluding carboxylic acids is 1. The molecule has 3 aliphatic rings. The summed E-state index contributed by atoms with van der Waals surface area (Å²) in [5.41, 5.74) is 2.24. The minimum atomic E-state index is -1.48. The predicted octanol–water partition coefficient (Wildman–Crippen LogP) is 2.97. The molecule has 0 aromatic carbocycles. The Labute approximate surface area is 189 Å². The Kier molecular flexibility index (Phi) is 6.56. The molecule has 0 amide bonds. The number of aryl methyl sites for hydroxylation is 1. The van der Waals surface area contributed by atoms with Gasteiger partial charge in [-0.3, -0.25) is 4.79 Å². The molecule has 2 aliphatic carbocycles. The molecule has 1 saturated heterocycles. The van der Waals surface area contributed by atoms with E-state index >= 15 is 0 Å². The molecule has 0 bridgehead atoms. The van der Waals surface area contributed by atoms with Crippen molar-refractivity contribution in [2.24, 2.45) is 22.7 Å². The van der Waals surface area contributed by atoms with Crippen LogP contribution in [0.15, 0.2) is 34.7 Å². The average molecular weight is 449 g/mol. The van der Waals surface area contributed by atoms with Crippen LogP contribution in [0.4, 0.5) is 0 Å². The summed E-state index contributed by atoms with van der Waals surface area (Å²) in [4.78, 5) is 13.4. The fourth-order valence-corrected chi connectivity index (χ4v) is 6.40. The largest absolute Gasteiger partial charge is 0.472 e. The van der Waals surface area contributed by atoms with Crippen molar-refractivity contribution in [3.05, 3.63) is 35.8 Å². The van der Waals surface area contributed by atoms with Crippen molar-refractivity contribution in [2.75, 3.05) is 6.61 Å². The summed E-state index contributed by atoms with van der Waals surface area (Å²) < 4.78 is 16.2. The molecule has 7 heteroatoms. The third-order valence-corrected chi connectivity index (χ3v) is 8.62. The molecular formula is C25H36O7. The van der Waals surface area contributed by atoms with Gasteiger partial charge in [0.05, 0.1) is 25.1 Å². The van der Waals surface area contributed by atoms with Gasteiger partial charge in [0.1, 0.15) is 18.3 Å². The van der Waals surface area contributed by atoms with Crippen molar-refractivity contribution in [3.8, 4) is 0 Å². The number of aliphatic hydroxyl groups is 3. The van der Waals surface area contributed by atoms with Gasteiger partial charge in [-0.25, -0.2) is 0 Å². The van der Waals surface area contributed by atoms with Crippen LogP contribution < -0.4 is 0 Å². The fourth-order valence-electron chi connectivity index (χ4n) is 6.40. The number of hydrogen-bond donors (Lipinski definition) is 3. The molecule has 4 rings (SSSR count). The van der Waals surface area contributed by atoms with Crippen molar-refractivity contribution in [2.45, 2.75) is 83.9 Å². The number of esters is 1. The van der Waals surface area contributed by atoms with E-state index in [9.17, 15) is 20.1 Å². The van der Waals surface area contributed by atoms with Crippen LogP contribution in [0, 0.1) is 22.7 Å². The van der Waals surface area contributed by atoms with Crippen molar-refractivity contribution in [1.29, 1.82) is 0 Å². The van der Waals surface area contributed by atoms with Gasteiger partial charge in [0, 0.05) is 0 Å². The van der Waals surface area contributed by atoms with E-state index in [0.717, 1.165) is 37.7 Å². The monoisotopic (exact) mass is 448 g/mol. The number of aliphatic hydroxyl groups excluding tert-OH is 3. The van der Waals surface area contributed by atoms with E-state index < -0.39 is 30.6 Å². The molecule has 178 valence electrons. The van der Waals surface area contributed by atoms with Gasteiger partial charge in [-0.15, -0.1) is 0 Å². The van der Waals surface area contributed by atoms with Crippen molar-refractivity contribution in [1.82, 2.24) is 0 Å². The lowest BCUT2D eigenvalue weighted by molar-refractivity contribution is -0.267. The van der Waals surface area contributed by atoms with Crippen LogP contribution in [0.2, 0.25) is 0 Å². The van der Waals surface area contributed by atoms with Crippen LogP contribution >= 0.6 is 0 Å². The minimum Gasteiger partial charge on any atom is -0.472 e. The normalized spacial score (nSPS) is 42.1. The van der Waals surface area contributed by atoms with Gasteiger partial charge >= 0.3 is 5.97 Å². The molecule has 2 fully saturated rings. The van der Waals surface area contributed by atoms with Gasteiger partial charge in [-0.2, -0.15) is 0 Å². The first-order chi connectivity index (χ1) is 15.2. The molecule has 3 N–H and O–H groups in total. The van der Waals surface area contributed by atoms with E-state index in [1.54, 1.807) is 12.5 Å². The predicted molar refractivity (Wildman–Crippen MR) is 116 cm³/mol. The van der Waals surface area contributed by atoms with E-state index in [1.807, 2.05) is 6.07 Å². The zero-order chi connectivity index (χ0) is 23.1. The minimum absolute atomic E-state index is 0.0430. The van der Waals surface area contributed by atoms with Gasteiger partial charge in [-0.05, 0) is 73.8 Å². The van der Waals surface area contributed by atoms with Gasteiger partial charge in [0.25, 0.3) is 0 Å². The highest BCUT2D eigenvalue weighted by molar-refractivity contribution is 5.74. The number of allylic oxidation sites excluding steroid dienone is 2. The Balaban J connectivity index is 1.58. The van der Waals surface area contributed by atoms with Gasteiger partial charge in [0.15, 0.2) is 0 Å². The molecule has 8 unspecified atom stereocenters. The smallest absolute Gasteiger partial charge is 0.311 e.